The topological polar surface area (TPSA) is 60.9 Å². The molecule has 8 heteroatoms. The Hall–Kier alpha value is -1.31. The summed E-state index contributed by atoms with van der Waals surface area (Å²) >= 11 is 5.81. The number of amides is 2. The minimum atomic E-state index is -3.59. The third kappa shape index (κ3) is 3.46. The third-order valence-electron chi connectivity index (χ3n) is 4.30. The molecule has 6 nitrogen and oxygen atoms in total. The first-order chi connectivity index (χ1) is 11.0. The van der Waals surface area contributed by atoms with Crippen molar-refractivity contribution in [1.29, 1.82) is 0 Å². The lowest BCUT2D eigenvalue weighted by molar-refractivity contribution is 0.149. The zero-order valence-electron chi connectivity index (χ0n) is 12.8. The summed E-state index contributed by atoms with van der Waals surface area (Å²) in [5, 5.41) is 0.493. The van der Waals surface area contributed by atoms with Crippen LogP contribution in [0.15, 0.2) is 29.2 Å². The number of hydrogen-bond donors (Lipinski definition) is 0. The van der Waals surface area contributed by atoms with Crippen molar-refractivity contribution in [2.75, 3.05) is 32.8 Å². The Morgan fingerprint density at radius 1 is 0.913 bits per heavy atom. The summed E-state index contributed by atoms with van der Waals surface area (Å²) in [7, 11) is -3.59. The number of likely N-dealkylation sites (tertiary alicyclic amines) is 1. The number of urea groups is 1. The van der Waals surface area contributed by atoms with Crippen molar-refractivity contribution in [1.82, 2.24) is 14.1 Å². The second-order valence-electron chi connectivity index (χ2n) is 5.87. The molecule has 126 valence electrons. The molecule has 3 rings (SSSR count). The highest BCUT2D eigenvalue weighted by Crippen LogP contribution is 2.22. The Bertz CT molecular complexity index is 672. The van der Waals surface area contributed by atoms with Gasteiger partial charge in [0.15, 0.2) is 0 Å². The van der Waals surface area contributed by atoms with Crippen molar-refractivity contribution in [3.63, 3.8) is 0 Å². The fourth-order valence-electron chi connectivity index (χ4n) is 2.96. The van der Waals surface area contributed by atoms with E-state index in [0.29, 0.717) is 18.1 Å². The molecule has 0 bridgehead atoms. The zero-order valence-corrected chi connectivity index (χ0v) is 14.4. The summed E-state index contributed by atoms with van der Waals surface area (Å²) in [6, 6.07) is 6.04. The number of carbonyl (C=O) groups is 1. The Morgan fingerprint density at radius 3 is 2.22 bits per heavy atom. The number of rotatable bonds is 2. The van der Waals surface area contributed by atoms with E-state index < -0.39 is 10.0 Å². The Balaban J connectivity index is 1.69. The van der Waals surface area contributed by atoms with E-state index in [4.69, 9.17) is 11.6 Å². The molecule has 0 aliphatic carbocycles. The van der Waals surface area contributed by atoms with Gasteiger partial charge in [-0.05, 0) is 43.5 Å². The highest BCUT2D eigenvalue weighted by atomic mass is 35.5. The number of nitrogens with zero attached hydrogens (tertiary/aromatic N) is 3. The average molecular weight is 358 g/mol. The number of hydrogen-bond acceptors (Lipinski definition) is 3. The number of sulfonamides is 1. The first-order valence-electron chi connectivity index (χ1n) is 7.78. The Kier molecular flexibility index (Phi) is 4.79. The van der Waals surface area contributed by atoms with Crippen LogP contribution < -0.4 is 0 Å². The predicted molar refractivity (Wildman–Crippen MR) is 87.7 cm³/mol. The van der Waals surface area contributed by atoms with Crippen LogP contribution in [0.5, 0.6) is 0 Å². The van der Waals surface area contributed by atoms with Crippen LogP contribution in [0.25, 0.3) is 0 Å². The van der Waals surface area contributed by atoms with Gasteiger partial charge in [-0.3, -0.25) is 0 Å². The Labute approximate surface area is 141 Å². The molecule has 2 heterocycles. The number of halogens is 1. The van der Waals surface area contributed by atoms with Crippen LogP contribution in [0.3, 0.4) is 0 Å². The van der Waals surface area contributed by atoms with E-state index in [1.165, 1.54) is 16.4 Å². The average Bonchev–Trinajstić information content (AvgIpc) is 3.06. The third-order valence-corrected chi connectivity index (χ3v) is 6.39. The zero-order chi connectivity index (χ0) is 16.4. The van der Waals surface area contributed by atoms with Gasteiger partial charge in [0, 0.05) is 31.2 Å². The van der Waals surface area contributed by atoms with Gasteiger partial charge in [-0.2, -0.15) is 4.31 Å². The van der Waals surface area contributed by atoms with Gasteiger partial charge in [0.2, 0.25) is 10.0 Å². The molecule has 23 heavy (non-hydrogen) atoms. The smallest absolute Gasteiger partial charge is 0.321 e. The molecule has 2 amide bonds. The van der Waals surface area contributed by atoms with Crippen molar-refractivity contribution < 1.29 is 13.2 Å². The normalized spacial score (nSPS) is 20.0. The number of carbonyl (C=O) groups excluding carboxylic acids is 1. The molecule has 0 spiro atoms. The summed E-state index contributed by atoms with van der Waals surface area (Å²) in [6.45, 7) is 2.39. The molecule has 0 radical (unpaired) electrons. The van der Waals surface area contributed by atoms with E-state index >= 15 is 0 Å². The van der Waals surface area contributed by atoms with Crippen LogP contribution in [0.1, 0.15) is 19.3 Å². The molecule has 1 aromatic carbocycles. The second kappa shape index (κ2) is 6.67. The van der Waals surface area contributed by atoms with Crippen LogP contribution in [0, 0.1) is 0 Å². The number of benzene rings is 1. The van der Waals surface area contributed by atoms with Gasteiger partial charge in [0.1, 0.15) is 0 Å². The van der Waals surface area contributed by atoms with Gasteiger partial charge in [0.25, 0.3) is 0 Å². The van der Waals surface area contributed by atoms with Gasteiger partial charge in [-0.25, -0.2) is 13.2 Å². The van der Waals surface area contributed by atoms with Gasteiger partial charge >= 0.3 is 6.03 Å². The molecule has 0 saturated carbocycles. The largest absolute Gasteiger partial charge is 0.325 e. The minimum absolute atomic E-state index is 0.0569. The molecule has 2 fully saturated rings. The predicted octanol–water partition coefficient (Wildman–Crippen LogP) is 2.21. The van der Waals surface area contributed by atoms with Crippen LogP contribution in [-0.4, -0.2) is 61.4 Å². The first-order valence-corrected chi connectivity index (χ1v) is 9.60. The van der Waals surface area contributed by atoms with Crippen LogP contribution in [0.4, 0.5) is 4.79 Å². The molecule has 2 aliphatic rings. The maximum atomic E-state index is 12.6. The van der Waals surface area contributed by atoms with Crippen molar-refractivity contribution in [3.8, 4) is 0 Å². The fourth-order valence-corrected chi connectivity index (χ4v) is 4.47. The van der Waals surface area contributed by atoms with Crippen molar-refractivity contribution >= 4 is 27.7 Å². The Morgan fingerprint density at radius 2 is 1.57 bits per heavy atom. The van der Waals surface area contributed by atoms with E-state index in [1.54, 1.807) is 17.0 Å². The molecule has 0 N–H and O–H groups in total. The van der Waals surface area contributed by atoms with E-state index in [9.17, 15) is 13.2 Å². The van der Waals surface area contributed by atoms with Gasteiger partial charge in [-0.15, -0.1) is 0 Å². The van der Waals surface area contributed by atoms with Crippen molar-refractivity contribution in [2.45, 2.75) is 24.2 Å². The first kappa shape index (κ1) is 16.5. The van der Waals surface area contributed by atoms with Gasteiger partial charge in [0.05, 0.1) is 11.6 Å². The maximum absolute atomic E-state index is 12.6. The fraction of sp³-hybridized carbons (Fsp3) is 0.533. The van der Waals surface area contributed by atoms with E-state index in [0.717, 1.165) is 32.4 Å². The monoisotopic (exact) mass is 357 g/mol. The summed E-state index contributed by atoms with van der Waals surface area (Å²) < 4.78 is 26.6. The molecule has 0 unspecified atom stereocenters. The molecule has 2 aliphatic heterocycles. The van der Waals surface area contributed by atoms with Crippen LogP contribution in [0.2, 0.25) is 5.02 Å². The summed E-state index contributed by atoms with van der Waals surface area (Å²) in [6.07, 6.45) is 3.19. The maximum Gasteiger partial charge on any atom is 0.321 e. The molecule has 1 aromatic rings. The van der Waals surface area contributed by atoms with Crippen LogP contribution in [-0.2, 0) is 10.0 Å². The highest BCUT2D eigenvalue weighted by Gasteiger charge is 2.35. The SMILES string of the molecule is O=C(N1CCCCC1)N1CCN(S(=O)(=O)c2ccc(Cl)cc2)C1. The molecule has 0 atom stereocenters. The molecule has 0 aromatic heterocycles. The van der Waals surface area contributed by atoms with Gasteiger partial charge in [-0.1, -0.05) is 11.6 Å². The van der Waals surface area contributed by atoms with E-state index in [2.05, 4.69) is 0 Å². The summed E-state index contributed by atoms with van der Waals surface area (Å²) in [5.41, 5.74) is 0. The summed E-state index contributed by atoms with van der Waals surface area (Å²) in [4.78, 5) is 16.1. The van der Waals surface area contributed by atoms with Gasteiger partial charge < -0.3 is 9.80 Å². The van der Waals surface area contributed by atoms with Crippen LogP contribution >= 0.6 is 11.6 Å². The van der Waals surface area contributed by atoms with Crippen molar-refractivity contribution in [2.24, 2.45) is 0 Å². The molecular weight excluding hydrogens is 338 g/mol. The summed E-state index contributed by atoms with van der Waals surface area (Å²) in [5.74, 6) is 0. The van der Waals surface area contributed by atoms with Crippen molar-refractivity contribution in [3.05, 3.63) is 29.3 Å². The van der Waals surface area contributed by atoms with E-state index in [1.807, 2.05) is 4.90 Å². The highest BCUT2D eigenvalue weighted by molar-refractivity contribution is 7.89. The quantitative estimate of drug-likeness (QED) is 0.815. The van der Waals surface area contributed by atoms with E-state index in [-0.39, 0.29) is 17.6 Å². The lowest BCUT2D eigenvalue weighted by Gasteiger charge is -2.30. The standard InChI is InChI=1S/C15H20ClN3O3S/c16-13-4-6-14(7-5-13)23(21,22)19-11-10-18(12-19)15(20)17-8-2-1-3-9-17/h4-7H,1-3,8-12H2. The molecular formula is C15H20ClN3O3S. The number of piperidine rings is 1. The molecule has 2 saturated heterocycles. The minimum Gasteiger partial charge on any atom is -0.325 e. The lowest BCUT2D eigenvalue weighted by atomic mass is 10.1. The second-order valence-corrected chi connectivity index (χ2v) is 8.24. The lowest BCUT2D eigenvalue weighted by Crippen LogP contribution is -2.45.